The summed E-state index contributed by atoms with van der Waals surface area (Å²) < 4.78 is 26.0. The van der Waals surface area contributed by atoms with Crippen LogP contribution in [0.15, 0.2) is 60.9 Å². The minimum absolute atomic E-state index is 0.435. The maximum Gasteiger partial charge on any atom is 0.222 e. The molecule has 33 heavy (non-hydrogen) atoms. The molecule has 0 saturated carbocycles. The summed E-state index contributed by atoms with van der Waals surface area (Å²) in [4.78, 5) is 9.39. The first-order chi connectivity index (χ1) is 16.0. The lowest BCUT2D eigenvalue weighted by Crippen LogP contribution is -2.44. The number of hydrogen-bond acceptors (Lipinski definition) is 7. The molecule has 0 atom stereocenters. The summed E-state index contributed by atoms with van der Waals surface area (Å²) in [5.74, 6) is 0.435. The molecule has 9 nitrogen and oxygen atoms in total. The maximum absolute atomic E-state index is 11.0. The van der Waals surface area contributed by atoms with Crippen molar-refractivity contribution < 1.29 is 8.42 Å². The Bertz CT molecular complexity index is 1380. The van der Waals surface area contributed by atoms with Gasteiger partial charge in [-0.25, -0.2) is 13.4 Å². The molecule has 2 aromatic carbocycles. The van der Waals surface area contributed by atoms with E-state index >= 15 is 0 Å². The standard InChI is InChI=1S/C23H25N7O2S/c1-28-8-10-29(11-9-28)19-7-3-5-17(13-19)21-15-26-30-22(24)20(14-25-23(21)30)16-4-2-6-18(12-16)27-33(31)32/h2-7,12-15,33H,8-11,24H2,1H3,(H,27,31,32). The maximum atomic E-state index is 11.0. The minimum Gasteiger partial charge on any atom is -0.383 e. The molecular weight excluding hydrogens is 438 g/mol. The molecule has 0 unspecified atom stereocenters. The molecule has 0 radical (unpaired) electrons. The normalized spacial score (nSPS) is 14.8. The third-order valence-electron chi connectivity index (χ3n) is 5.98. The van der Waals surface area contributed by atoms with Crippen molar-refractivity contribution in [3.05, 3.63) is 60.9 Å². The van der Waals surface area contributed by atoms with E-state index in [2.05, 4.69) is 55.9 Å². The van der Waals surface area contributed by atoms with E-state index in [-0.39, 0.29) is 0 Å². The molecular formula is C23H25N7O2S. The summed E-state index contributed by atoms with van der Waals surface area (Å²) in [7, 11) is -0.599. The fourth-order valence-electron chi connectivity index (χ4n) is 4.17. The Hall–Kier alpha value is -3.63. The number of likely N-dealkylation sites (N-methyl/N-ethyl adjacent to an activating group) is 1. The summed E-state index contributed by atoms with van der Waals surface area (Å²) in [6, 6.07) is 15.4. The zero-order valence-corrected chi connectivity index (χ0v) is 19.1. The number of benzene rings is 2. The molecule has 3 heterocycles. The van der Waals surface area contributed by atoms with Crippen molar-refractivity contribution in [1.82, 2.24) is 19.5 Å². The lowest BCUT2D eigenvalue weighted by atomic mass is 10.1. The van der Waals surface area contributed by atoms with Crippen molar-refractivity contribution >= 4 is 33.7 Å². The molecule has 4 aromatic rings. The molecule has 3 N–H and O–H groups in total. The number of fused-ring (bicyclic) bond motifs is 1. The van der Waals surface area contributed by atoms with Crippen LogP contribution in [0.2, 0.25) is 0 Å². The van der Waals surface area contributed by atoms with E-state index in [1.165, 1.54) is 5.69 Å². The quantitative estimate of drug-likeness (QED) is 0.390. The molecule has 0 bridgehead atoms. The molecule has 0 amide bonds. The molecule has 0 aliphatic carbocycles. The fraction of sp³-hybridized carbons (Fsp3) is 0.217. The lowest BCUT2D eigenvalue weighted by Gasteiger charge is -2.34. The second kappa shape index (κ2) is 8.72. The Balaban J connectivity index is 1.50. The lowest BCUT2D eigenvalue weighted by molar-refractivity contribution is 0.313. The van der Waals surface area contributed by atoms with E-state index in [1.807, 2.05) is 6.07 Å². The molecule has 10 heteroatoms. The van der Waals surface area contributed by atoms with Gasteiger partial charge in [0.1, 0.15) is 5.82 Å². The summed E-state index contributed by atoms with van der Waals surface area (Å²) in [5, 5.41) is 4.50. The predicted octanol–water partition coefficient (Wildman–Crippen LogP) is 2.34. The van der Waals surface area contributed by atoms with Gasteiger partial charge in [-0.15, -0.1) is 0 Å². The smallest absolute Gasteiger partial charge is 0.222 e. The summed E-state index contributed by atoms with van der Waals surface area (Å²) in [5.41, 5.74) is 12.1. The Morgan fingerprint density at radius 1 is 0.939 bits per heavy atom. The average molecular weight is 464 g/mol. The highest BCUT2D eigenvalue weighted by atomic mass is 32.2. The van der Waals surface area contributed by atoms with Gasteiger partial charge < -0.3 is 15.5 Å². The van der Waals surface area contributed by atoms with Gasteiger partial charge in [0.05, 0.1) is 6.20 Å². The molecule has 1 aliphatic rings. The Morgan fingerprint density at radius 2 is 1.67 bits per heavy atom. The minimum atomic E-state index is -2.75. The Kier molecular flexibility index (Phi) is 5.61. The van der Waals surface area contributed by atoms with Gasteiger partial charge in [-0.3, -0.25) is 4.72 Å². The van der Waals surface area contributed by atoms with Crippen LogP contribution in [0.5, 0.6) is 0 Å². The fourth-order valence-corrected chi connectivity index (χ4v) is 4.52. The number of nitrogen functional groups attached to an aromatic ring is 1. The molecule has 170 valence electrons. The third kappa shape index (κ3) is 4.22. The van der Waals surface area contributed by atoms with Crippen molar-refractivity contribution in [3.8, 4) is 22.3 Å². The van der Waals surface area contributed by atoms with Gasteiger partial charge in [-0.2, -0.15) is 9.61 Å². The van der Waals surface area contributed by atoms with Gasteiger partial charge in [0, 0.05) is 54.9 Å². The van der Waals surface area contributed by atoms with Crippen molar-refractivity contribution in [2.45, 2.75) is 0 Å². The van der Waals surface area contributed by atoms with Crippen molar-refractivity contribution in [1.29, 1.82) is 0 Å². The average Bonchev–Trinajstić information content (AvgIpc) is 3.25. The Morgan fingerprint density at radius 3 is 2.42 bits per heavy atom. The van der Waals surface area contributed by atoms with Crippen LogP contribution in [-0.2, 0) is 10.9 Å². The van der Waals surface area contributed by atoms with Crippen LogP contribution in [0.25, 0.3) is 27.9 Å². The van der Waals surface area contributed by atoms with E-state index in [0.29, 0.717) is 22.7 Å². The molecule has 1 aliphatic heterocycles. The first-order valence-electron chi connectivity index (χ1n) is 10.7. The zero-order chi connectivity index (χ0) is 22.9. The first-order valence-corrected chi connectivity index (χ1v) is 11.8. The molecule has 0 spiro atoms. The van der Waals surface area contributed by atoms with Crippen LogP contribution >= 0.6 is 0 Å². The Labute approximate surface area is 193 Å². The number of nitrogens with zero attached hydrogens (tertiary/aromatic N) is 5. The van der Waals surface area contributed by atoms with E-state index < -0.39 is 10.9 Å². The molecule has 2 aromatic heterocycles. The summed E-state index contributed by atoms with van der Waals surface area (Å²) in [6.07, 6.45) is 3.49. The second-order valence-corrected chi connectivity index (χ2v) is 8.88. The topological polar surface area (TPSA) is 109 Å². The van der Waals surface area contributed by atoms with Crippen molar-refractivity contribution in [2.24, 2.45) is 0 Å². The number of anilines is 3. The van der Waals surface area contributed by atoms with Crippen LogP contribution in [0, 0.1) is 0 Å². The van der Waals surface area contributed by atoms with Crippen LogP contribution in [0.4, 0.5) is 17.2 Å². The van der Waals surface area contributed by atoms with Gasteiger partial charge in [-0.1, -0.05) is 24.3 Å². The van der Waals surface area contributed by atoms with E-state index in [4.69, 9.17) is 5.73 Å². The van der Waals surface area contributed by atoms with E-state index in [9.17, 15) is 8.42 Å². The number of aromatic nitrogens is 3. The van der Waals surface area contributed by atoms with Gasteiger partial charge in [0.2, 0.25) is 10.9 Å². The number of piperazine rings is 1. The number of nitrogens with one attached hydrogen (secondary N) is 1. The van der Waals surface area contributed by atoms with Crippen molar-refractivity contribution in [2.75, 3.05) is 48.6 Å². The van der Waals surface area contributed by atoms with Crippen LogP contribution < -0.4 is 15.4 Å². The summed E-state index contributed by atoms with van der Waals surface area (Å²) >= 11 is 0. The number of thiol groups is 1. The van der Waals surface area contributed by atoms with Crippen LogP contribution in [0.3, 0.4) is 0 Å². The second-order valence-electron chi connectivity index (χ2n) is 8.14. The van der Waals surface area contributed by atoms with Gasteiger partial charge in [0.15, 0.2) is 5.65 Å². The van der Waals surface area contributed by atoms with E-state index in [1.54, 1.807) is 35.1 Å². The van der Waals surface area contributed by atoms with Gasteiger partial charge in [0.25, 0.3) is 0 Å². The molecule has 1 saturated heterocycles. The third-order valence-corrected chi connectivity index (χ3v) is 6.42. The monoisotopic (exact) mass is 463 g/mol. The van der Waals surface area contributed by atoms with Gasteiger partial charge in [-0.05, 0) is 42.4 Å². The van der Waals surface area contributed by atoms with E-state index in [0.717, 1.165) is 42.9 Å². The SMILES string of the molecule is CN1CCN(c2cccc(-c3cnn4c(N)c(-c5cccc(N[SH](=O)=O)c5)cnc34)c2)CC1. The zero-order valence-electron chi connectivity index (χ0n) is 18.2. The first kappa shape index (κ1) is 21.2. The highest BCUT2D eigenvalue weighted by molar-refractivity contribution is 7.73. The molecule has 1 fully saturated rings. The molecule has 5 rings (SSSR count). The number of nitrogens with two attached hydrogens (primary N) is 1. The van der Waals surface area contributed by atoms with Crippen molar-refractivity contribution in [3.63, 3.8) is 0 Å². The largest absolute Gasteiger partial charge is 0.383 e. The van der Waals surface area contributed by atoms with Crippen LogP contribution in [0.1, 0.15) is 0 Å². The highest BCUT2D eigenvalue weighted by Crippen LogP contribution is 2.32. The van der Waals surface area contributed by atoms with Crippen LogP contribution in [-0.4, -0.2) is 61.1 Å². The summed E-state index contributed by atoms with van der Waals surface area (Å²) in [6.45, 7) is 4.09. The predicted molar refractivity (Wildman–Crippen MR) is 132 cm³/mol. The van der Waals surface area contributed by atoms with Gasteiger partial charge >= 0.3 is 0 Å². The highest BCUT2D eigenvalue weighted by Gasteiger charge is 2.17. The number of hydrogen-bond donors (Lipinski definition) is 3. The number of rotatable bonds is 5.